The Morgan fingerprint density at radius 2 is 1.09 bits per heavy atom. The van der Waals surface area contributed by atoms with Gasteiger partial charge in [0.25, 0.3) is 0 Å². The Morgan fingerprint density at radius 3 is 1.67 bits per heavy atom. The van der Waals surface area contributed by atoms with Gasteiger partial charge >= 0.3 is 6.09 Å². The first kappa shape index (κ1) is 50.9. The van der Waals surface area contributed by atoms with Crippen molar-refractivity contribution in [2.45, 2.75) is 134 Å². The molecule has 3 aliphatic rings. The van der Waals surface area contributed by atoms with Crippen molar-refractivity contribution in [3.63, 3.8) is 0 Å². The van der Waals surface area contributed by atoms with Crippen LogP contribution in [0.25, 0.3) is 0 Å². The first-order chi connectivity index (χ1) is 34.4. The lowest BCUT2D eigenvalue weighted by atomic mass is 9.94. The van der Waals surface area contributed by atoms with E-state index >= 15 is 0 Å². The quantitative estimate of drug-likeness (QED) is 0.0603. The van der Waals surface area contributed by atoms with E-state index in [2.05, 4.69) is 10.6 Å². The van der Waals surface area contributed by atoms with Gasteiger partial charge in [-0.3, -0.25) is 4.79 Å². The number of hydrogen-bond donors (Lipinski definition) is 2. The molecule has 2 amide bonds. The normalized spacial score (nSPS) is 26.4. The van der Waals surface area contributed by atoms with Crippen LogP contribution in [0.15, 0.2) is 152 Å². The van der Waals surface area contributed by atoms with E-state index in [4.69, 9.17) is 47.4 Å². The molecule has 0 spiro atoms. The summed E-state index contributed by atoms with van der Waals surface area (Å²) in [6.45, 7) is 5.46. The van der Waals surface area contributed by atoms with Crippen molar-refractivity contribution in [1.29, 1.82) is 0 Å². The number of carbonyl (C=O) groups is 2. The van der Waals surface area contributed by atoms with Gasteiger partial charge in [0.1, 0.15) is 49.3 Å². The third-order valence-corrected chi connectivity index (χ3v) is 12.5. The molecule has 0 bridgehead atoms. The van der Waals surface area contributed by atoms with Crippen LogP contribution in [0.1, 0.15) is 73.6 Å². The minimum atomic E-state index is -1.04. The Hall–Kier alpha value is -5.52. The van der Waals surface area contributed by atoms with E-state index in [0.717, 1.165) is 47.1 Å². The molecule has 0 radical (unpaired) electrons. The summed E-state index contributed by atoms with van der Waals surface area (Å²) in [6.07, 6.45) is -4.85. The summed E-state index contributed by atoms with van der Waals surface area (Å²) in [4.78, 5) is 25.4. The van der Waals surface area contributed by atoms with Gasteiger partial charge in [0, 0.05) is 25.6 Å². The average molecular weight is 959 g/mol. The van der Waals surface area contributed by atoms with Crippen LogP contribution in [0.2, 0.25) is 0 Å². The van der Waals surface area contributed by atoms with Crippen molar-refractivity contribution in [2.75, 3.05) is 19.8 Å². The fraction of sp³-hybridized carbons (Fsp3) is 0.429. The summed E-state index contributed by atoms with van der Waals surface area (Å²) >= 11 is 0. The van der Waals surface area contributed by atoms with Gasteiger partial charge in [-0.25, -0.2) is 4.79 Å². The van der Waals surface area contributed by atoms with Gasteiger partial charge in [0.2, 0.25) is 5.91 Å². The Morgan fingerprint density at radius 1 is 0.557 bits per heavy atom. The van der Waals surface area contributed by atoms with Crippen LogP contribution in [-0.4, -0.2) is 93.1 Å². The van der Waals surface area contributed by atoms with Crippen molar-refractivity contribution in [1.82, 2.24) is 10.6 Å². The SMILES string of the molecule is CC(=O)N[C@H]1[C@H](OCCCCCCNC(=O)OCc2ccccc2)O[C@@H]2CO[C@@H](c3ccccc3)O[C@H]2[C@@H]1O[C@@H]1O[C@@H](C)[C@@H](OCc2ccccc2)[C@@H](OCc2ccccc2)[C@@H]1OCc1ccccc1. The first-order valence-electron chi connectivity index (χ1n) is 24.5. The lowest BCUT2D eigenvalue weighted by molar-refractivity contribution is -0.382. The fourth-order valence-corrected chi connectivity index (χ4v) is 8.92. The fourth-order valence-electron chi connectivity index (χ4n) is 8.92. The van der Waals surface area contributed by atoms with Crippen molar-refractivity contribution in [2.24, 2.45) is 0 Å². The number of ether oxygens (including phenoxy) is 10. The number of alkyl carbamates (subject to hydrolysis) is 1. The van der Waals surface area contributed by atoms with E-state index < -0.39 is 73.7 Å². The van der Waals surface area contributed by atoms with E-state index in [1.165, 1.54) is 6.92 Å². The molecule has 5 aromatic rings. The second-order valence-corrected chi connectivity index (χ2v) is 17.8. The third kappa shape index (κ3) is 14.8. The number of rotatable bonds is 23. The van der Waals surface area contributed by atoms with Crippen LogP contribution in [0.5, 0.6) is 0 Å². The maximum Gasteiger partial charge on any atom is 0.407 e. The van der Waals surface area contributed by atoms with Gasteiger partial charge in [0.05, 0.1) is 32.5 Å². The van der Waals surface area contributed by atoms with Gasteiger partial charge in [-0.2, -0.15) is 0 Å². The average Bonchev–Trinajstić information content (AvgIpc) is 3.39. The second-order valence-electron chi connectivity index (χ2n) is 17.8. The number of hydrogen-bond acceptors (Lipinski definition) is 12. The molecule has 0 aromatic heterocycles. The van der Waals surface area contributed by atoms with E-state index in [1.807, 2.05) is 159 Å². The zero-order valence-electron chi connectivity index (χ0n) is 40.0. The Labute approximate surface area is 411 Å². The Kier molecular flexibility index (Phi) is 19.3. The molecule has 0 unspecified atom stereocenters. The predicted octanol–water partition coefficient (Wildman–Crippen LogP) is 8.72. The Bertz CT molecular complexity index is 2280. The zero-order chi connectivity index (χ0) is 48.3. The molecular formula is C56H66N2O12. The van der Waals surface area contributed by atoms with E-state index in [1.54, 1.807) is 0 Å². The molecule has 70 heavy (non-hydrogen) atoms. The standard InChI is InChI=1S/C56H66N2O12/c1-39-48(62-34-41-22-10-5-11-23-41)51(63-35-42-24-12-6-13-25-42)52(64-36-43-26-14-7-15-27-43)55(67-39)70-50-47(58-40(2)59)54(68-46-38-65-53(69-49(46)50)45-30-18-9-19-31-45)61-33-21-4-3-20-32-57-56(60)66-37-44-28-16-8-17-29-44/h5-19,22-31,39,46-55H,3-4,20-21,32-38H2,1-2H3,(H,57,60)(H,58,59)/t39-,46+,47+,48+,49+,50+,51+,52-,53+,54+,55-/m0/s1. The summed E-state index contributed by atoms with van der Waals surface area (Å²) in [6, 6.07) is 48.3. The summed E-state index contributed by atoms with van der Waals surface area (Å²) in [5, 5.41) is 5.94. The molecular weight excluding hydrogens is 893 g/mol. The molecule has 3 saturated heterocycles. The molecule has 3 heterocycles. The lowest BCUT2D eigenvalue weighted by Crippen LogP contribution is -2.69. The third-order valence-electron chi connectivity index (χ3n) is 12.5. The van der Waals surface area contributed by atoms with E-state index in [-0.39, 0.29) is 32.3 Å². The van der Waals surface area contributed by atoms with Gasteiger partial charge in [-0.1, -0.05) is 165 Å². The molecule has 2 N–H and O–H groups in total. The molecule has 3 aliphatic heterocycles. The van der Waals surface area contributed by atoms with E-state index in [9.17, 15) is 9.59 Å². The van der Waals surface area contributed by atoms with Gasteiger partial charge < -0.3 is 58.0 Å². The number of unbranched alkanes of at least 4 members (excludes halogenated alkanes) is 3. The lowest BCUT2D eigenvalue weighted by Gasteiger charge is -2.52. The molecule has 5 aromatic carbocycles. The highest BCUT2D eigenvalue weighted by molar-refractivity contribution is 5.73. The topological polar surface area (TPSA) is 150 Å². The minimum absolute atomic E-state index is 0.172. The molecule has 372 valence electrons. The highest BCUT2D eigenvalue weighted by Crippen LogP contribution is 2.39. The summed E-state index contributed by atoms with van der Waals surface area (Å²) < 4.78 is 66.2. The predicted molar refractivity (Wildman–Crippen MR) is 260 cm³/mol. The van der Waals surface area contributed by atoms with Crippen molar-refractivity contribution < 1.29 is 57.0 Å². The van der Waals surface area contributed by atoms with Gasteiger partial charge in [-0.15, -0.1) is 0 Å². The van der Waals surface area contributed by atoms with Gasteiger partial charge in [0.15, 0.2) is 18.9 Å². The van der Waals surface area contributed by atoms with E-state index in [0.29, 0.717) is 26.2 Å². The highest BCUT2D eigenvalue weighted by atomic mass is 16.8. The molecule has 14 nitrogen and oxygen atoms in total. The molecule has 8 rings (SSSR count). The van der Waals surface area contributed by atoms with Crippen LogP contribution < -0.4 is 10.6 Å². The number of amides is 2. The number of fused-ring (bicyclic) bond motifs is 1. The van der Waals surface area contributed by atoms with Crippen LogP contribution in [0.3, 0.4) is 0 Å². The molecule has 14 heteroatoms. The molecule has 0 aliphatic carbocycles. The van der Waals surface area contributed by atoms with Crippen molar-refractivity contribution in [3.8, 4) is 0 Å². The van der Waals surface area contributed by atoms with Crippen LogP contribution in [-0.2, 0) is 78.6 Å². The van der Waals surface area contributed by atoms with Crippen LogP contribution in [0.4, 0.5) is 4.79 Å². The zero-order valence-corrected chi connectivity index (χ0v) is 40.0. The summed E-state index contributed by atoms with van der Waals surface area (Å²) in [5.74, 6) is -0.302. The summed E-state index contributed by atoms with van der Waals surface area (Å²) in [5.41, 5.74) is 4.70. The molecule has 11 atom stereocenters. The molecule has 0 saturated carbocycles. The first-order valence-corrected chi connectivity index (χ1v) is 24.5. The van der Waals surface area contributed by atoms with Crippen molar-refractivity contribution in [3.05, 3.63) is 179 Å². The Balaban J connectivity index is 1.01. The van der Waals surface area contributed by atoms with Crippen LogP contribution >= 0.6 is 0 Å². The van der Waals surface area contributed by atoms with Gasteiger partial charge in [-0.05, 0) is 42.0 Å². The minimum Gasteiger partial charge on any atom is -0.445 e. The molecule has 3 fully saturated rings. The number of benzene rings is 5. The second kappa shape index (κ2) is 26.6. The maximum atomic E-state index is 13.2. The van der Waals surface area contributed by atoms with Crippen molar-refractivity contribution >= 4 is 12.0 Å². The smallest absolute Gasteiger partial charge is 0.407 e. The monoisotopic (exact) mass is 958 g/mol. The largest absolute Gasteiger partial charge is 0.445 e. The number of nitrogens with one attached hydrogen (secondary N) is 2. The highest BCUT2D eigenvalue weighted by Gasteiger charge is 2.55. The summed E-state index contributed by atoms with van der Waals surface area (Å²) in [7, 11) is 0. The number of carbonyl (C=O) groups excluding carboxylic acids is 2. The maximum absolute atomic E-state index is 13.2. The van der Waals surface area contributed by atoms with Crippen LogP contribution in [0, 0.1) is 0 Å².